The Labute approximate surface area is 190 Å². The molecule has 33 heavy (non-hydrogen) atoms. The van der Waals surface area contributed by atoms with Crippen LogP contribution in [0.1, 0.15) is 6.92 Å². The van der Waals surface area contributed by atoms with Crippen molar-refractivity contribution in [1.29, 1.82) is 0 Å². The lowest BCUT2D eigenvalue weighted by Gasteiger charge is -2.48. The molecule has 2 rings (SSSR count). The van der Waals surface area contributed by atoms with E-state index >= 15 is 0 Å². The van der Waals surface area contributed by atoms with Crippen molar-refractivity contribution in [2.75, 3.05) is 26.4 Å². The Morgan fingerprint density at radius 2 is 1.88 bits per heavy atom. The van der Waals surface area contributed by atoms with Crippen LogP contribution in [0.25, 0.3) is 0 Å². The fourth-order valence-electron chi connectivity index (χ4n) is 2.83. The van der Waals surface area contributed by atoms with Gasteiger partial charge in [0, 0.05) is 5.75 Å². The van der Waals surface area contributed by atoms with E-state index in [1.807, 2.05) is 14.1 Å². The number of carboxylic acid groups (broad SMARTS) is 2. The second-order valence-electron chi connectivity index (χ2n) is 7.60. The molecule has 0 aromatic rings. The third kappa shape index (κ3) is 6.71. The molecular formula is C18H24F3N4O7S+. The average Bonchev–Trinajstić information content (AvgIpc) is 2.70. The van der Waals surface area contributed by atoms with Crippen LogP contribution < -0.4 is 11.1 Å². The number of carboxylic acids is 2. The monoisotopic (exact) mass is 497 g/mol. The molecule has 0 aromatic heterocycles. The summed E-state index contributed by atoms with van der Waals surface area (Å²) in [4.78, 5) is 55.9. The van der Waals surface area contributed by atoms with E-state index < -0.39 is 47.4 Å². The molecule has 0 saturated carbocycles. The van der Waals surface area contributed by atoms with Gasteiger partial charge in [0.1, 0.15) is 17.1 Å². The maximum absolute atomic E-state index is 12.2. The van der Waals surface area contributed by atoms with Crippen LogP contribution >= 0.6 is 11.8 Å². The Balaban J connectivity index is 0.000000675. The molecule has 11 nitrogen and oxygen atoms in total. The van der Waals surface area contributed by atoms with E-state index in [1.165, 1.54) is 16.7 Å². The zero-order valence-electron chi connectivity index (χ0n) is 17.8. The van der Waals surface area contributed by atoms with Crippen molar-refractivity contribution in [2.45, 2.75) is 30.6 Å². The van der Waals surface area contributed by atoms with Gasteiger partial charge in [-0.3, -0.25) is 19.3 Å². The van der Waals surface area contributed by atoms with E-state index in [2.05, 4.69) is 5.32 Å². The molecule has 0 aromatic carbocycles. The first kappa shape index (κ1) is 28.0. The summed E-state index contributed by atoms with van der Waals surface area (Å²) in [6.45, 7) is 2.20. The van der Waals surface area contributed by atoms with Crippen LogP contribution in [-0.4, -0.2) is 99.8 Å². The highest BCUT2D eigenvalue weighted by molar-refractivity contribution is 8.00. The number of quaternary nitrogens is 1. The number of β-lactam (4-membered cyclic amide) rings is 1. The van der Waals surface area contributed by atoms with Crippen molar-refractivity contribution in [3.8, 4) is 0 Å². The summed E-state index contributed by atoms with van der Waals surface area (Å²) in [5.41, 5.74) is 5.80. The second kappa shape index (κ2) is 10.7. The van der Waals surface area contributed by atoms with Gasteiger partial charge >= 0.3 is 18.1 Å². The van der Waals surface area contributed by atoms with Gasteiger partial charge in [-0.1, -0.05) is 6.08 Å². The van der Waals surface area contributed by atoms with Crippen molar-refractivity contribution in [3.05, 3.63) is 23.4 Å². The Kier molecular flexibility index (Phi) is 9.07. The van der Waals surface area contributed by atoms with Crippen molar-refractivity contribution in [1.82, 2.24) is 10.2 Å². The molecule has 15 heteroatoms. The number of primary amides is 1. The van der Waals surface area contributed by atoms with Gasteiger partial charge in [0.15, 0.2) is 6.04 Å². The van der Waals surface area contributed by atoms with Crippen LogP contribution in [0.15, 0.2) is 23.4 Å². The molecule has 1 saturated heterocycles. The molecule has 2 aliphatic rings. The van der Waals surface area contributed by atoms with Crippen molar-refractivity contribution < 1.29 is 51.8 Å². The number of halogens is 3. The summed E-state index contributed by atoms with van der Waals surface area (Å²) in [5.74, 6) is -4.39. The molecule has 0 bridgehead atoms. The summed E-state index contributed by atoms with van der Waals surface area (Å²) < 4.78 is 32.1. The van der Waals surface area contributed by atoms with Crippen LogP contribution in [0, 0.1) is 0 Å². The number of thioether (sulfide) groups is 1. The number of rotatable bonds is 8. The first-order valence-corrected chi connectivity index (χ1v) is 10.3. The van der Waals surface area contributed by atoms with E-state index in [9.17, 15) is 37.5 Å². The smallest absolute Gasteiger partial charge is 0.477 e. The number of alkyl halides is 3. The number of carbonyl (C=O) groups excluding carboxylic acids is 3. The minimum absolute atomic E-state index is 0.0628. The number of fused-ring (bicyclic) bond motifs is 1. The lowest BCUT2D eigenvalue weighted by Crippen LogP contribution is -2.69. The lowest BCUT2D eigenvalue weighted by atomic mass is 10.0. The van der Waals surface area contributed by atoms with Crippen molar-refractivity contribution in [2.24, 2.45) is 5.73 Å². The molecule has 0 aliphatic carbocycles. The number of amides is 3. The standard InChI is InChI=1S/C16H22N4O5S.C2HF3O2/c1-9(13(17)22)20(2,3)6-4-5-10-7-26-15-11(18-8-21)14(23)19(15)12(10)16(24)25;3-2(4,5)1(6)7/h4-5,8-9,11,15H,6-7H2,1-3H3,(H3-,17,18,21,22,24,25);(H,6,7)/p+1/b5-4+;/t9-,11-,15-;/m1./s1. The Bertz CT molecular complexity index is 889. The van der Waals surface area contributed by atoms with E-state index in [0.29, 0.717) is 28.8 Å². The molecule has 3 atom stereocenters. The SMILES string of the molecule is C[C@H](C(N)=O)[N+](C)(C)C/C=C/C1=C(C(=O)O)N2C(=O)[C@@H](NC=O)[C@H]2SC1.O=C(O)C(F)(F)F. The second-order valence-corrected chi connectivity index (χ2v) is 8.70. The molecule has 3 amide bonds. The number of hydrogen-bond donors (Lipinski definition) is 4. The highest BCUT2D eigenvalue weighted by Gasteiger charge is 2.53. The normalized spacial score (nSPS) is 21.4. The number of likely N-dealkylation sites (N-methyl/N-ethyl adjacent to an activating group) is 1. The van der Waals surface area contributed by atoms with Gasteiger partial charge in [-0.15, -0.1) is 11.8 Å². The van der Waals surface area contributed by atoms with Crippen molar-refractivity contribution in [3.63, 3.8) is 0 Å². The zero-order chi connectivity index (χ0) is 25.7. The number of allylic oxidation sites excluding steroid dienone is 1. The summed E-state index contributed by atoms with van der Waals surface area (Å²) in [6.07, 6.45) is -1.18. The van der Waals surface area contributed by atoms with Crippen LogP contribution in [0.2, 0.25) is 0 Å². The lowest BCUT2D eigenvalue weighted by molar-refractivity contribution is -0.898. The Morgan fingerprint density at radius 1 is 1.33 bits per heavy atom. The number of nitrogens with two attached hydrogens (primary N) is 1. The third-order valence-corrected chi connectivity index (χ3v) is 6.35. The first-order chi connectivity index (χ1) is 15.1. The summed E-state index contributed by atoms with van der Waals surface area (Å²) in [7, 11) is 3.71. The Hall–Kier alpha value is -3.07. The topological polar surface area (TPSA) is 167 Å². The maximum atomic E-state index is 12.2. The fraction of sp³-hybridized carbons (Fsp3) is 0.500. The molecule has 0 radical (unpaired) electrons. The summed E-state index contributed by atoms with van der Waals surface area (Å²) in [6, 6.07) is -1.09. The number of carbonyl (C=O) groups is 5. The summed E-state index contributed by atoms with van der Waals surface area (Å²) >= 11 is 1.40. The van der Waals surface area contributed by atoms with Crippen LogP contribution in [0.3, 0.4) is 0 Å². The third-order valence-electron chi connectivity index (χ3n) is 5.05. The highest BCUT2D eigenvalue weighted by Crippen LogP contribution is 2.40. The molecule has 0 spiro atoms. The van der Waals surface area contributed by atoms with Crippen molar-refractivity contribution >= 4 is 41.9 Å². The largest absolute Gasteiger partial charge is 0.490 e. The molecular weight excluding hydrogens is 473 g/mol. The van der Waals surface area contributed by atoms with E-state index in [-0.39, 0.29) is 5.70 Å². The predicted octanol–water partition coefficient (Wildman–Crippen LogP) is -0.505. The highest BCUT2D eigenvalue weighted by atomic mass is 32.2. The van der Waals surface area contributed by atoms with Gasteiger partial charge in [-0.2, -0.15) is 13.2 Å². The van der Waals surface area contributed by atoms with E-state index in [4.69, 9.17) is 15.6 Å². The molecule has 0 unspecified atom stereocenters. The van der Waals surface area contributed by atoms with Crippen LogP contribution in [0.5, 0.6) is 0 Å². The maximum Gasteiger partial charge on any atom is 0.490 e. The molecule has 2 heterocycles. The zero-order valence-corrected chi connectivity index (χ0v) is 18.6. The number of hydrogen-bond acceptors (Lipinski definition) is 6. The molecule has 2 aliphatic heterocycles. The van der Waals surface area contributed by atoms with Gasteiger partial charge in [-0.25, -0.2) is 9.59 Å². The quantitative estimate of drug-likeness (QED) is 0.198. The predicted molar refractivity (Wildman–Crippen MR) is 109 cm³/mol. The minimum atomic E-state index is -5.08. The Morgan fingerprint density at radius 3 is 2.30 bits per heavy atom. The average molecular weight is 497 g/mol. The van der Waals surface area contributed by atoms with Gasteiger partial charge in [0.2, 0.25) is 6.41 Å². The van der Waals surface area contributed by atoms with E-state index in [0.717, 1.165) is 0 Å². The number of aliphatic carboxylic acids is 2. The van der Waals surface area contributed by atoms with Gasteiger partial charge in [0.25, 0.3) is 11.8 Å². The van der Waals surface area contributed by atoms with Crippen LogP contribution in [-0.2, 0) is 24.0 Å². The number of nitrogens with one attached hydrogen (secondary N) is 1. The molecule has 5 N–H and O–H groups in total. The van der Waals surface area contributed by atoms with Gasteiger partial charge in [-0.05, 0) is 18.6 Å². The van der Waals surface area contributed by atoms with Crippen LogP contribution in [0.4, 0.5) is 13.2 Å². The molecule has 1 fully saturated rings. The van der Waals surface area contributed by atoms with Gasteiger partial charge < -0.3 is 25.7 Å². The minimum Gasteiger partial charge on any atom is -0.477 e. The fourth-order valence-corrected chi connectivity index (χ4v) is 4.16. The first-order valence-electron chi connectivity index (χ1n) is 9.25. The summed E-state index contributed by atoms with van der Waals surface area (Å²) in [5, 5.41) is 18.7. The number of nitrogens with zero attached hydrogens (tertiary/aromatic N) is 2. The van der Waals surface area contributed by atoms with Gasteiger partial charge in [0.05, 0.1) is 20.6 Å². The van der Waals surface area contributed by atoms with E-state index in [1.54, 1.807) is 19.1 Å². The molecule has 184 valence electrons.